The summed E-state index contributed by atoms with van der Waals surface area (Å²) in [6, 6.07) is 7.57. The molecular formula is C23H22F3N3O3. The van der Waals surface area contributed by atoms with Gasteiger partial charge in [0.25, 0.3) is 0 Å². The summed E-state index contributed by atoms with van der Waals surface area (Å²) < 4.78 is 47.1. The molecule has 2 aromatic heterocycles. The summed E-state index contributed by atoms with van der Waals surface area (Å²) in [6.07, 6.45) is -2.98. The molecule has 1 aliphatic heterocycles. The van der Waals surface area contributed by atoms with Gasteiger partial charge in [-0.2, -0.15) is 13.2 Å². The van der Waals surface area contributed by atoms with E-state index in [4.69, 9.17) is 4.74 Å². The molecule has 0 bridgehead atoms. The van der Waals surface area contributed by atoms with Crippen LogP contribution in [0, 0.1) is 6.92 Å². The second kappa shape index (κ2) is 8.38. The first-order valence-corrected chi connectivity index (χ1v) is 10.2. The third-order valence-electron chi connectivity index (χ3n) is 5.83. The Kier molecular flexibility index (Phi) is 5.77. The van der Waals surface area contributed by atoms with Gasteiger partial charge in [-0.05, 0) is 42.3 Å². The first kappa shape index (κ1) is 22.0. The lowest BCUT2D eigenvalue weighted by Crippen LogP contribution is -2.37. The molecule has 1 atom stereocenters. The number of benzene rings is 1. The van der Waals surface area contributed by atoms with Crippen LogP contribution in [0.2, 0.25) is 0 Å². The molecule has 4 rings (SSSR count). The van der Waals surface area contributed by atoms with E-state index in [1.54, 1.807) is 30.9 Å². The van der Waals surface area contributed by atoms with Gasteiger partial charge < -0.3 is 14.7 Å². The van der Waals surface area contributed by atoms with E-state index in [-0.39, 0.29) is 11.3 Å². The van der Waals surface area contributed by atoms with Crippen LogP contribution in [0.5, 0.6) is 0 Å². The second-order valence-corrected chi connectivity index (χ2v) is 7.79. The van der Waals surface area contributed by atoms with Crippen LogP contribution in [0.1, 0.15) is 45.6 Å². The lowest BCUT2D eigenvalue weighted by molar-refractivity contribution is -0.137. The largest absolute Gasteiger partial charge is 0.478 e. The van der Waals surface area contributed by atoms with E-state index in [0.29, 0.717) is 54.2 Å². The van der Waals surface area contributed by atoms with Crippen molar-refractivity contribution in [3.05, 3.63) is 64.5 Å². The number of ether oxygens (including phenoxy) is 1. The minimum atomic E-state index is -4.52. The Bertz CT molecular complexity index is 1170. The lowest BCUT2D eigenvalue weighted by Gasteiger charge is -2.31. The Hall–Kier alpha value is -3.20. The van der Waals surface area contributed by atoms with Crippen LogP contribution in [0.25, 0.3) is 11.0 Å². The summed E-state index contributed by atoms with van der Waals surface area (Å²) in [5, 5.41) is 9.96. The number of anilines is 1. The number of morpholine rings is 1. The minimum Gasteiger partial charge on any atom is -0.478 e. The molecule has 32 heavy (non-hydrogen) atoms. The van der Waals surface area contributed by atoms with Gasteiger partial charge in [-0.3, -0.25) is 0 Å². The van der Waals surface area contributed by atoms with Crippen molar-refractivity contribution in [1.29, 1.82) is 0 Å². The molecule has 1 N–H and O–H groups in total. The number of carboxylic acids is 1. The highest BCUT2D eigenvalue weighted by Crippen LogP contribution is 2.40. The number of pyridine rings is 2. The van der Waals surface area contributed by atoms with E-state index in [1.165, 1.54) is 24.4 Å². The van der Waals surface area contributed by atoms with Crippen LogP contribution in [-0.2, 0) is 10.9 Å². The van der Waals surface area contributed by atoms with Crippen LogP contribution >= 0.6 is 0 Å². The van der Waals surface area contributed by atoms with E-state index in [2.05, 4.69) is 9.97 Å². The first-order valence-electron chi connectivity index (χ1n) is 10.2. The Morgan fingerprint density at radius 3 is 2.56 bits per heavy atom. The van der Waals surface area contributed by atoms with E-state index >= 15 is 0 Å². The molecule has 1 fully saturated rings. The van der Waals surface area contributed by atoms with Gasteiger partial charge in [-0.25, -0.2) is 14.8 Å². The number of aromatic nitrogens is 2. The predicted molar refractivity (Wildman–Crippen MR) is 113 cm³/mol. The molecule has 0 saturated carbocycles. The van der Waals surface area contributed by atoms with Crippen LogP contribution in [0.3, 0.4) is 0 Å². The number of carbonyl (C=O) groups is 1. The molecule has 9 heteroatoms. The number of aryl methyl sites for hydroxylation is 1. The standard InChI is InChI=1S/C23H22F3N3O3/c1-13(16-5-6-27-21-18(16)12-17(22(30)31)14(2)28-21)15-3-4-20(19(11-15)23(24,25)26)29-7-9-32-10-8-29/h3-6,11-13H,7-10H2,1-2H3,(H,30,31). The summed E-state index contributed by atoms with van der Waals surface area (Å²) in [5.41, 5.74) is 1.31. The minimum absolute atomic E-state index is 0.0394. The number of fused-ring (bicyclic) bond motifs is 1. The molecule has 6 nitrogen and oxygen atoms in total. The van der Waals surface area contributed by atoms with Crippen molar-refractivity contribution in [1.82, 2.24) is 9.97 Å². The number of hydrogen-bond acceptors (Lipinski definition) is 5. The normalized spacial score (nSPS) is 15.7. The molecule has 0 spiro atoms. The molecule has 1 unspecified atom stereocenters. The average molecular weight is 445 g/mol. The zero-order chi connectivity index (χ0) is 23.0. The van der Waals surface area contributed by atoms with E-state index in [1.807, 2.05) is 0 Å². The number of alkyl halides is 3. The summed E-state index contributed by atoms with van der Waals surface area (Å²) in [6.45, 7) is 4.94. The fraction of sp³-hybridized carbons (Fsp3) is 0.348. The Balaban J connectivity index is 1.81. The van der Waals surface area contributed by atoms with E-state index in [0.717, 1.165) is 0 Å². The number of hydrogen-bond donors (Lipinski definition) is 1. The molecule has 0 amide bonds. The van der Waals surface area contributed by atoms with Crippen LogP contribution in [-0.4, -0.2) is 47.3 Å². The smallest absolute Gasteiger partial charge is 0.418 e. The molecular weight excluding hydrogens is 423 g/mol. The number of halogens is 3. The van der Waals surface area contributed by atoms with Crippen molar-refractivity contribution in [2.24, 2.45) is 0 Å². The number of carboxylic acid groups (broad SMARTS) is 1. The maximum Gasteiger partial charge on any atom is 0.418 e. The third kappa shape index (κ3) is 4.12. The second-order valence-electron chi connectivity index (χ2n) is 7.79. The van der Waals surface area contributed by atoms with Gasteiger partial charge >= 0.3 is 12.1 Å². The highest BCUT2D eigenvalue weighted by atomic mass is 19.4. The molecule has 1 saturated heterocycles. The molecule has 0 radical (unpaired) electrons. The average Bonchev–Trinajstić information content (AvgIpc) is 2.77. The van der Waals surface area contributed by atoms with Gasteiger partial charge in [0.15, 0.2) is 5.65 Å². The van der Waals surface area contributed by atoms with Gasteiger partial charge in [0.1, 0.15) is 0 Å². The van der Waals surface area contributed by atoms with Gasteiger partial charge in [-0.1, -0.05) is 13.0 Å². The Labute approximate surface area is 182 Å². The fourth-order valence-corrected chi connectivity index (χ4v) is 4.09. The summed E-state index contributed by atoms with van der Waals surface area (Å²) in [5.74, 6) is -1.56. The van der Waals surface area contributed by atoms with Crippen LogP contribution < -0.4 is 4.90 Å². The Morgan fingerprint density at radius 1 is 1.19 bits per heavy atom. The van der Waals surface area contributed by atoms with Crippen molar-refractivity contribution < 1.29 is 27.8 Å². The number of aromatic carboxylic acids is 1. The molecule has 3 aromatic rings. The van der Waals surface area contributed by atoms with Crippen molar-refractivity contribution in [3.8, 4) is 0 Å². The van der Waals surface area contributed by atoms with Gasteiger partial charge in [0.2, 0.25) is 0 Å². The molecule has 168 valence electrons. The van der Waals surface area contributed by atoms with Crippen molar-refractivity contribution in [2.45, 2.75) is 25.9 Å². The topological polar surface area (TPSA) is 75.5 Å². The highest BCUT2D eigenvalue weighted by molar-refractivity contribution is 5.94. The van der Waals surface area contributed by atoms with Crippen molar-refractivity contribution >= 4 is 22.7 Å². The zero-order valence-electron chi connectivity index (χ0n) is 17.6. The van der Waals surface area contributed by atoms with Crippen LogP contribution in [0.15, 0.2) is 36.5 Å². The summed E-state index contributed by atoms with van der Waals surface area (Å²) >= 11 is 0. The zero-order valence-corrected chi connectivity index (χ0v) is 17.6. The predicted octanol–water partition coefficient (Wildman–Crippen LogP) is 4.64. The highest BCUT2D eigenvalue weighted by Gasteiger charge is 2.36. The Morgan fingerprint density at radius 2 is 1.91 bits per heavy atom. The molecule has 3 heterocycles. The monoisotopic (exact) mass is 445 g/mol. The summed E-state index contributed by atoms with van der Waals surface area (Å²) in [7, 11) is 0. The van der Waals surface area contributed by atoms with E-state index < -0.39 is 23.6 Å². The quantitative estimate of drug-likeness (QED) is 0.631. The number of rotatable bonds is 4. The van der Waals surface area contributed by atoms with Gasteiger partial charge in [0, 0.05) is 36.3 Å². The summed E-state index contributed by atoms with van der Waals surface area (Å²) in [4.78, 5) is 21.7. The lowest BCUT2D eigenvalue weighted by atomic mass is 9.89. The van der Waals surface area contributed by atoms with Crippen molar-refractivity contribution in [3.63, 3.8) is 0 Å². The third-order valence-corrected chi connectivity index (χ3v) is 5.83. The number of nitrogens with zero attached hydrogens (tertiary/aromatic N) is 3. The fourth-order valence-electron chi connectivity index (χ4n) is 4.09. The van der Waals surface area contributed by atoms with Crippen LogP contribution in [0.4, 0.5) is 18.9 Å². The molecule has 1 aliphatic rings. The van der Waals surface area contributed by atoms with Crippen molar-refractivity contribution in [2.75, 3.05) is 31.2 Å². The SMILES string of the molecule is Cc1nc2nccc(C(C)c3ccc(N4CCOCC4)c(C(F)(F)F)c3)c2cc1C(=O)O. The van der Waals surface area contributed by atoms with Gasteiger partial charge in [0.05, 0.1) is 30.0 Å². The van der Waals surface area contributed by atoms with E-state index in [9.17, 15) is 23.1 Å². The van der Waals surface area contributed by atoms with Gasteiger partial charge in [-0.15, -0.1) is 0 Å². The maximum atomic E-state index is 13.9. The maximum absolute atomic E-state index is 13.9. The molecule has 1 aromatic carbocycles. The molecule has 0 aliphatic carbocycles. The first-order chi connectivity index (χ1) is 15.2.